The zero-order chi connectivity index (χ0) is 10.3. The normalized spacial score (nSPS) is 23.3. The monoisotopic (exact) mass is 202 g/mol. The molecule has 0 saturated carbocycles. The van der Waals surface area contributed by atoms with Crippen LogP contribution in [0.2, 0.25) is 0 Å². The Bertz CT molecular complexity index is 373. The molecule has 0 spiro atoms. The van der Waals surface area contributed by atoms with Gasteiger partial charge in [0.2, 0.25) is 0 Å². The third-order valence-corrected chi connectivity index (χ3v) is 3.77. The highest BCUT2D eigenvalue weighted by molar-refractivity contribution is 5.70. The van der Waals surface area contributed by atoms with Crippen molar-refractivity contribution in [2.24, 2.45) is 0 Å². The first-order chi connectivity index (χ1) is 7.40. The summed E-state index contributed by atoms with van der Waals surface area (Å²) in [5.74, 6) is 0.806. The maximum atomic E-state index is 3.52. The van der Waals surface area contributed by atoms with E-state index in [9.17, 15) is 0 Å². The summed E-state index contributed by atoms with van der Waals surface area (Å²) in [5, 5.41) is 3.52. The molecular formula is C13H18N2. The molecule has 2 nitrogen and oxygen atoms in total. The van der Waals surface area contributed by atoms with Crippen molar-refractivity contribution < 1.29 is 0 Å². The molecule has 1 aromatic carbocycles. The molecule has 1 N–H and O–H groups in total. The van der Waals surface area contributed by atoms with Gasteiger partial charge in [0.15, 0.2) is 0 Å². The third kappa shape index (κ3) is 1.31. The van der Waals surface area contributed by atoms with Crippen LogP contribution in [-0.2, 0) is 0 Å². The average Bonchev–Trinajstić information content (AvgIpc) is 2.30. The van der Waals surface area contributed by atoms with E-state index in [2.05, 4.69) is 35.3 Å². The lowest BCUT2D eigenvalue weighted by molar-refractivity contribution is 0.545. The molecule has 0 saturated heterocycles. The SMILES string of the molecule is CCN1CCC2CCNc3cccc1c32. The molecule has 0 bridgehead atoms. The maximum Gasteiger partial charge on any atom is 0.0422 e. The van der Waals surface area contributed by atoms with Crippen LogP contribution in [0.15, 0.2) is 18.2 Å². The van der Waals surface area contributed by atoms with Crippen molar-refractivity contribution in [1.29, 1.82) is 0 Å². The summed E-state index contributed by atoms with van der Waals surface area (Å²) in [5.41, 5.74) is 4.43. The second-order valence-electron chi connectivity index (χ2n) is 4.52. The second-order valence-corrected chi connectivity index (χ2v) is 4.52. The van der Waals surface area contributed by atoms with E-state index in [1.165, 1.54) is 30.8 Å². The minimum Gasteiger partial charge on any atom is -0.385 e. The first-order valence-corrected chi connectivity index (χ1v) is 6.02. The van der Waals surface area contributed by atoms with Gasteiger partial charge in [0.1, 0.15) is 0 Å². The molecule has 2 heterocycles. The lowest BCUT2D eigenvalue weighted by Gasteiger charge is -2.39. The highest BCUT2D eigenvalue weighted by Gasteiger charge is 2.28. The summed E-state index contributed by atoms with van der Waals surface area (Å²) >= 11 is 0. The first-order valence-electron chi connectivity index (χ1n) is 6.02. The van der Waals surface area contributed by atoms with Gasteiger partial charge in [-0.1, -0.05) is 6.07 Å². The molecule has 2 heteroatoms. The number of hydrogen-bond donors (Lipinski definition) is 1. The van der Waals surface area contributed by atoms with Crippen molar-refractivity contribution in [3.05, 3.63) is 23.8 Å². The van der Waals surface area contributed by atoms with Crippen LogP contribution in [0, 0.1) is 0 Å². The molecule has 15 heavy (non-hydrogen) atoms. The molecule has 1 aromatic rings. The van der Waals surface area contributed by atoms with Crippen LogP contribution in [-0.4, -0.2) is 19.6 Å². The van der Waals surface area contributed by atoms with Crippen molar-refractivity contribution >= 4 is 11.4 Å². The summed E-state index contributed by atoms with van der Waals surface area (Å²) in [6, 6.07) is 6.68. The number of nitrogens with one attached hydrogen (secondary N) is 1. The van der Waals surface area contributed by atoms with Crippen molar-refractivity contribution in [2.45, 2.75) is 25.7 Å². The Kier molecular flexibility index (Phi) is 2.08. The summed E-state index contributed by atoms with van der Waals surface area (Å²) in [6.45, 7) is 5.75. The molecular weight excluding hydrogens is 184 g/mol. The van der Waals surface area contributed by atoms with Gasteiger partial charge in [-0.15, -0.1) is 0 Å². The van der Waals surface area contributed by atoms with Crippen molar-refractivity contribution in [2.75, 3.05) is 29.9 Å². The van der Waals surface area contributed by atoms with E-state index in [0.717, 1.165) is 19.0 Å². The van der Waals surface area contributed by atoms with Crippen LogP contribution < -0.4 is 10.2 Å². The molecule has 1 atom stereocenters. The molecule has 2 aliphatic rings. The van der Waals surface area contributed by atoms with Crippen LogP contribution in [0.1, 0.15) is 31.2 Å². The molecule has 0 fully saturated rings. The molecule has 3 rings (SSSR count). The average molecular weight is 202 g/mol. The van der Waals surface area contributed by atoms with Gasteiger partial charge in [0.25, 0.3) is 0 Å². The van der Waals surface area contributed by atoms with E-state index in [1.807, 2.05) is 0 Å². The topological polar surface area (TPSA) is 15.3 Å². The van der Waals surface area contributed by atoms with Gasteiger partial charge in [-0.2, -0.15) is 0 Å². The minimum absolute atomic E-state index is 0.806. The Morgan fingerprint density at radius 2 is 2.33 bits per heavy atom. The third-order valence-electron chi connectivity index (χ3n) is 3.77. The molecule has 1 unspecified atom stereocenters. The highest BCUT2D eigenvalue weighted by atomic mass is 15.1. The largest absolute Gasteiger partial charge is 0.385 e. The van der Waals surface area contributed by atoms with E-state index < -0.39 is 0 Å². The van der Waals surface area contributed by atoms with E-state index in [1.54, 1.807) is 5.56 Å². The Labute approximate surface area is 91.3 Å². The molecule has 0 aliphatic carbocycles. The fourth-order valence-electron chi connectivity index (χ4n) is 2.99. The predicted octanol–water partition coefficient (Wildman–Crippen LogP) is 2.82. The van der Waals surface area contributed by atoms with Crippen LogP contribution >= 0.6 is 0 Å². The van der Waals surface area contributed by atoms with E-state index in [-0.39, 0.29) is 0 Å². The van der Waals surface area contributed by atoms with Crippen molar-refractivity contribution in [3.63, 3.8) is 0 Å². The molecule has 0 radical (unpaired) electrons. The predicted molar refractivity (Wildman–Crippen MR) is 64.8 cm³/mol. The Morgan fingerprint density at radius 1 is 1.40 bits per heavy atom. The summed E-state index contributed by atoms with van der Waals surface area (Å²) in [7, 11) is 0. The highest BCUT2D eigenvalue weighted by Crippen LogP contribution is 2.43. The number of benzene rings is 1. The maximum absolute atomic E-state index is 3.52. The molecule has 0 aromatic heterocycles. The van der Waals surface area contributed by atoms with Gasteiger partial charge in [0.05, 0.1) is 0 Å². The summed E-state index contributed by atoms with van der Waals surface area (Å²) in [4.78, 5) is 2.50. The molecule has 2 aliphatic heterocycles. The van der Waals surface area contributed by atoms with E-state index in [0.29, 0.717) is 0 Å². The van der Waals surface area contributed by atoms with Crippen molar-refractivity contribution in [1.82, 2.24) is 0 Å². The van der Waals surface area contributed by atoms with Crippen molar-refractivity contribution in [3.8, 4) is 0 Å². The fraction of sp³-hybridized carbons (Fsp3) is 0.538. The van der Waals surface area contributed by atoms with Gasteiger partial charge in [-0.05, 0) is 37.8 Å². The Hall–Kier alpha value is -1.18. The summed E-state index contributed by atoms with van der Waals surface area (Å²) in [6.07, 6.45) is 2.64. The number of anilines is 2. The van der Waals surface area contributed by atoms with Gasteiger partial charge in [-0.25, -0.2) is 0 Å². The lowest BCUT2D eigenvalue weighted by atomic mass is 9.84. The number of nitrogens with zero attached hydrogens (tertiary/aromatic N) is 1. The fourth-order valence-corrected chi connectivity index (χ4v) is 2.99. The summed E-state index contributed by atoms with van der Waals surface area (Å²) < 4.78 is 0. The molecule has 80 valence electrons. The van der Waals surface area contributed by atoms with Crippen LogP contribution in [0.25, 0.3) is 0 Å². The van der Waals surface area contributed by atoms with Crippen LogP contribution in [0.3, 0.4) is 0 Å². The van der Waals surface area contributed by atoms with Gasteiger partial charge in [-0.3, -0.25) is 0 Å². The van der Waals surface area contributed by atoms with E-state index in [4.69, 9.17) is 0 Å². The number of rotatable bonds is 1. The van der Waals surface area contributed by atoms with Gasteiger partial charge >= 0.3 is 0 Å². The Morgan fingerprint density at radius 3 is 3.20 bits per heavy atom. The quantitative estimate of drug-likeness (QED) is 0.753. The smallest absolute Gasteiger partial charge is 0.0422 e. The number of hydrogen-bond acceptors (Lipinski definition) is 2. The molecule has 0 amide bonds. The van der Waals surface area contributed by atoms with Crippen LogP contribution in [0.4, 0.5) is 11.4 Å². The lowest BCUT2D eigenvalue weighted by Crippen LogP contribution is -2.33. The zero-order valence-electron chi connectivity index (χ0n) is 9.29. The van der Waals surface area contributed by atoms with E-state index >= 15 is 0 Å². The van der Waals surface area contributed by atoms with Gasteiger partial charge in [0, 0.05) is 36.6 Å². The first kappa shape index (κ1) is 9.08. The van der Waals surface area contributed by atoms with Crippen LogP contribution in [0.5, 0.6) is 0 Å². The minimum atomic E-state index is 0.806. The Balaban J connectivity index is 2.13. The second kappa shape index (κ2) is 3.44. The standard InChI is InChI=1S/C13H18N2/c1-2-15-9-7-10-6-8-14-11-4-3-5-12(15)13(10)11/h3-5,10,14H,2,6-9H2,1H3. The van der Waals surface area contributed by atoms with Gasteiger partial charge < -0.3 is 10.2 Å². The zero-order valence-corrected chi connectivity index (χ0v) is 9.29.